The van der Waals surface area contributed by atoms with Gasteiger partial charge >= 0.3 is 0 Å². The molecule has 106 valence electrons. The Morgan fingerprint density at radius 2 is 2.00 bits per heavy atom. The molecule has 0 N–H and O–H groups in total. The van der Waals surface area contributed by atoms with Crippen molar-refractivity contribution < 1.29 is 9.53 Å². The summed E-state index contributed by atoms with van der Waals surface area (Å²) >= 11 is 0. The number of carbonyl (C=O) groups is 1. The second-order valence-corrected chi connectivity index (χ2v) is 5.05. The molecule has 0 aliphatic heterocycles. The van der Waals surface area contributed by atoms with Crippen molar-refractivity contribution in [2.45, 2.75) is 40.2 Å². The number of benzene rings is 1. The van der Waals surface area contributed by atoms with Gasteiger partial charge in [0.1, 0.15) is 11.8 Å². The van der Waals surface area contributed by atoms with Crippen LogP contribution in [0.15, 0.2) is 29.8 Å². The number of Topliss-reactive ketones (excluding diaryl/α,β-unsaturated/α-hetero) is 1. The third-order valence-electron chi connectivity index (χ3n) is 3.03. The summed E-state index contributed by atoms with van der Waals surface area (Å²) in [5.41, 5.74) is 0.938. The summed E-state index contributed by atoms with van der Waals surface area (Å²) in [5, 5.41) is 9.20. The number of allylic oxidation sites excluding steroid dienone is 1. The van der Waals surface area contributed by atoms with Crippen LogP contribution in [0.5, 0.6) is 5.75 Å². The Labute approximate surface area is 120 Å². The molecule has 0 unspecified atom stereocenters. The highest BCUT2D eigenvalue weighted by Crippen LogP contribution is 2.23. The van der Waals surface area contributed by atoms with Crippen LogP contribution in [-0.4, -0.2) is 11.9 Å². The molecule has 1 aromatic carbocycles. The summed E-state index contributed by atoms with van der Waals surface area (Å²) in [7, 11) is 0. The van der Waals surface area contributed by atoms with E-state index in [-0.39, 0.29) is 23.4 Å². The molecule has 1 rings (SSSR count). The van der Waals surface area contributed by atoms with Crippen LogP contribution in [0, 0.1) is 17.2 Å². The fourth-order valence-corrected chi connectivity index (χ4v) is 1.73. The standard InChI is InChI=1S/C17H21NO2/c1-5-13(4)17(19)15(11-18)10-14-8-6-7-9-16(14)20-12(2)3/h6-10,12-13H,5H2,1-4H3/b15-10-/t13-/m0/s1. The van der Waals surface area contributed by atoms with E-state index in [4.69, 9.17) is 4.74 Å². The van der Waals surface area contributed by atoms with Crippen LogP contribution < -0.4 is 4.74 Å². The smallest absolute Gasteiger partial charge is 0.176 e. The van der Waals surface area contributed by atoms with Gasteiger partial charge in [-0.05, 0) is 32.4 Å². The number of hydrogen-bond acceptors (Lipinski definition) is 3. The van der Waals surface area contributed by atoms with Gasteiger partial charge in [0.05, 0.1) is 11.7 Å². The number of para-hydroxylation sites is 1. The van der Waals surface area contributed by atoms with E-state index in [2.05, 4.69) is 0 Å². The molecular formula is C17H21NO2. The largest absolute Gasteiger partial charge is 0.490 e. The quantitative estimate of drug-likeness (QED) is 0.580. The van der Waals surface area contributed by atoms with E-state index in [1.807, 2.05) is 58.0 Å². The van der Waals surface area contributed by atoms with Crippen molar-refractivity contribution >= 4 is 11.9 Å². The fourth-order valence-electron chi connectivity index (χ4n) is 1.73. The van der Waals surface area contributed by atoms with Gasteiger partial charge in [-0.3, -0.25) is 4.79 Å². The number of hydrogen-bond donors (Lipinski definition) is 0. The lowest BCUT2D eigenvalue weighted by Gasteiger charge is -2.12. The Morgan fingerprint density at radius 1 is 1.35 bits per heavy atom. The number of nitriles is 1. The molecule has 0 fully saturated rings. The lowest BCUT2D eigenvalue weighted by molar-refractivity contribution is -0.118. The Hall–Kier alpha value is -2.08. The fraction of sp³-hybridized carbons (Fsp3) is 0.412. The maximum atomic E-state index is 12.1. The van der Waals surface area contributed by atoms with Gasteiger partial charge < -0.3 is 4.74 Å². The van der Waals surface area contributed by atoms with Crippen LogP contribution in [0.3, 0.4) is 0 Å². The number of carbonyl (C=O) groups excluding carboxylic acids is 1. The summed E-state index contributed by atoms with van der Waals surface area (Å²) in [6.07, 6.45) is 2.38. The average molecular weight is 271 g/mol. The molecular weight excluding hydrogens is 250 g/mol. The first-order valence-corrected chi connectivity index (χ1v) is 6.91. The van der Waals surface area contributed by atoms with Crippen molar-refractivity contribution in [3.63, 3.8) is 0 Å². The van der Waals surface area contributed by atoms with Crippen LogP contribution in [0.1, 0.15) is 39.7 Å². The highest BCUT2D eigenvalue weighted by atomic mass is 16.5. The summed E-state index contributed by atoms with van der Waals surface area (Å²) < 4.78 is 5.69. The van der Waals surface area contributed by atoms with Gasteiger partial charge in [-0.15, -0.1) is 0 Å². The molecule has 1 aromatic rings. The van der Waals surface area contributed by atoms with Gasteiger partial charge in [0.2, 0.25) is 0 Å². The second kappa shape index (κ2) is 7.49. The van der Waals surface area contributed by atoms with E-state index >= 15 is 0 Å². The van der Waals surface area contributed by atoms with Crippen molar-refractivity contribution in [1.29, 1.82) is 5.26 Å². The predicted octanol–water partition coefficient (Wildman–Crippen LogP) is 4.00. The van der Waals surface area contributed by atoms with Crippen molar-refractivity contribution in [1.82, 2.24) is 0 Å². The molecule has 0 saturated heterocycles. The molecule has 0 radical (unpaired) electrons. The minimum Gasteiger partial charge on any atom is -0.490 e. The minimum absolute atomic E-state index is 0.0420. The van der Waals surface area contributed by atoms with E-state index in [0.29, 0.717) is 5.75 Å². The van der Waals surface area contributed by atoms with E-state index < -0.39 is 0 Å². The zero-order valence-corrected chi connectivity index (χ0v) is 12.5. The molecule has 0 saturated carbocycles. The molecule has 1 atom stereocenters. The third kappa shape index (κ3) is 4.24. The Kier molecular flexibility index (Phi) is 5.99. The molecule has 0 heterocycles. The normalized spacial score (nSPS) is 12.9. The molecule has 0 amide bonds. The zero-order chi connectivity index (χ0) is 15.1. The van der Waals surface area contributed by atoms with Crippen LogP contribution in [-0.2, 0) is 4.79 Å². The van der Waals surface area contributed by atoms with Crippen molar-refractivity contribution in [2.24, 2.45) is 5.92 Å². The molecule has 0 bridgehead atoms. The number of rotatable bonds is 6. The molecule has 20 heavy (non-hydrogen) atoms. The Bertz CT molecular complexity index is 538. The number of nitrogens with zero attached hydrogens (tertiary/aromatic N) is 1. The van der Waals surface area contributed by atoms with Gasteiger partial charge in [0.25, 0.3) is 0 Å². The summed E-state index contributed by atoms with van der Waals surface area (Å²) in [4.78, 5) is 12.1. The third-order valence-corrected chi connectivity index (χ3v) is 3.03. The predicted molar refractivity (Wildman–Crippen MR) is 80.3 cm³/mol. The highest BCUT2D eigenvalue weighted by Gasteiger charge is 2.16. The van der Waals surface area contributed by atoms with Gasteiger partial charge in [0.15, 0.2) is 5.78 Å². The van der Waals surface area contributed by atoms with Crippen LogP contribution in [0.4, 0.5) is 0 Å². The van der Waals surface area contributed by atoms with Crippen LogP contribution in [0.2, 0.25) is 0 Å². The van der Waals surface area contributed by atoms with Crippen molar-refractivity contribution in [3.8, 4) is 11.8 Å². The minimum atomic E-state index is -0.140. The van der Waals surface area contributed by atoms with Gasteiger partial charge in [-0.1, -0.05) is 32.0 Å². The number of ether oxygens (including phenoxy) is 1. The summed E-state index contributed by atoms with van der Waals surface area (Å²) in [5.74, 6) is 0.431. The average Bonchev–Trinajstić information content (AvgIpc) is 2.44. The molecule has 3 nitrogen and oxygen atoms in total. The molecule has 0 aromatic heterocycles. The number of ketones is 1. The lowest BCUT2D eigenvalue weighted by atomic mass is 9.96. The van der Waals surface area contributed by atoms with Gasteiger partial charge in [-0.2, -0.15) is 5.26 Å². The maximum Gasteiger partial charge on any atom is 0.176 e. The maximum absolute atomic E-state index is 12.1. The van der Waals surface area contributed by atoms with Gasteiger partial charge in [-0.25, -0.2) is 0 Å². The lowest BCUT2D eigenvalue weighted by Crippen LogP contribution is -2.12. The van der Waals surface area contributed by atoms with Crippen LogP contribution in [0.25, 0.3) is 6.08 Å². The Balaban J connectivity index is 3.14. The molecule has 0 aliphatic carbocycles. The summed E-state index contributed by atoms with van der Waals surface area (Å²) in [6.45, 7) is 7.66. The molecule has 0 aliphatic rings. The second-order valence-electron chi connectivity index (χ2n) is 5.05. The molecule has 3 heteroatoms. The topological polar surface area (TPSA) is 50.1 Å². The van der Waals surface area contributed by atoms with Crippen molar-refractivity contribution in [2.75, 3.05) is 0 Å². The first kappa shape index (κ1) is 16.0. The van der Waals surface area contributed by atoms with Crippen LogP contribution >= 0.6 is 0 Å². The molecule has 0 spiro atoms. The van der Waals surface area contributed by atoms with E-state index in [9.17, 15) is 10.1 Å². The van der Waals surface area contributed by atoms with E-state index in [1.165, 1.54) is 0 Å². The van der Waals surface area contributed by atoms with E-state index in [1.54, 1.807) is 6.08 Å². The zero-order valence-electron chi connectivity index (χ0n) is 12.5. The first-order chi connectivity index (χ1) is 9.49. The first-order valence-electron chi connectivity index (χ1n) is 6.91. The Morgan fingerprint density at radius 3 is 2.55 bits per heavy atom. The van der Waals surface area contributed by atoms with E-state index in [0.717, 1.165) is 12.0 Å². The monoisotopic (exact) mass is 271 g/mol. The SMILES string of the molecule is CC[C@H](C)C(=O)/C(C#N)=C\c1ccccc1OC(C)C. The van der Waals surface area contributed by atoms with Gasteiger partial charge in [0, 0.05) is 11.5 Å². The summed E-state index contributed by atoms with van der Waals surface area (Å²) in [6, 6.07) is 9.43. The highest BCUT2D eigenvalue weighted by molar-refractivity contribution is 6.04. The van der Waals surface area contributed by atoms with Crippen molar-refractivity contribution in [3.05, 3.63) is 35.4 Å².